The number of carbonyl (C=O) groups is 1. The van der Waals surface area contributed by atoms with Crippen LogP contribution in [0.5, 0.6) is 5.75 Å². The molecule has 0 aliphatic heterocycles. The fraction of sp³-hybridized carbons (Fsp3) is 0.429. The van der Waals surface area contributed by atoms with Gasteiger partial charge in [-0.1, -0.05) is 13.0 Å². The highest BCUT2D eigenvalue weighted by Crippen LogP contribution is 2.29. The molecule has 0 atom stereocenters. The highest BCUT2D eigenvalue weighted by Gasteiger charge is 2.11. The lowest BCUT2D eigenvalue weighted by molar-refractivity contribution is 0.256. The maximum Gasteiger partial charge on any atom is 0.326 e. The zero-order chi connectivity index (χ0) is 15.1. The number of urea groups is 1. The van der Waals surface area contributed by atoms with Crippen LogP contribution in [0.4, 0.5) is 10.5 Å². The van der Waals surface area contributed by atoms with Crippen molar-refractivity contribution in [3.8, 4) is 5.75 Å². The molecule has 0 spiro atoms. The van der Waals surface area contributed by atoms with Gasteiger partial charge in [0.2, 0.25) is 0 Å². The molecule has 4 N–H and O–H groups in total. The normalized spacial score (nSPS) is 11.1. The Morgan fingerprint density at radius 2 is 2.10 bits per heavy atom. The van der Waals surface area contributed by atoms with Crippen molar-refractivity contribution in [3.05, 3.63) is 23.3 Å². The van der Waals surface area contributed by atoms with Crippen LogP contribution in [-0.4, -0.2) is 25.6 Å². The van der Waals surface area contributed by atoms with E-state index in [4.69, 9.17) is 10.5 Å². The number of carbonyl (C=O) groups excluding carboxylic acids is 1. The Morgan fingerprint density at radius 1 is 1.40 bits per heavy atom. The van der Waals surface area contributed by atoms with Gasteiger partial charge in [-0.15, -0.1) is 0 Å². The number of nitrogens with zero attached hydrogens (tertiary/aromatic N) is 1. The summed E-state index contributed by atoms with van der Waals surface area (Å²) in [6, 6.07) is 3.39. The molecule has 0 saturated heterocycles. The van der Waals surface area contributed by atoms with E-state index in [1.165, 1.54) is 7.05 Å². The van der Waals surface area contributed by atoms with Gasteiger partial charge in [0.05, 0.1) is 12.3 Å². The van der Waals surface area contributed by atoms with Crippen LogP contribution in [0.15, 0.2) is 17.1 Å². The number of aryl methyl sites for hydroxylation is 1. The summed E-state index contributed by atoms with van der Waals surface area (Å²) in [5.41, 5.74) is 8.02. The van der Waals surface area contributed by atoms with Crippen LogP contribution < -0.4 is 21.1 Å². The van der Waals surface area contributed by atoms with Crippen molar-refractivity contribution in [3.63, 3.8) is 0 Å². The molecule has 0 aliphatic carbocycles. The molecular formula is C14H22N4O2. The Bertz CT molecular complexity index is 512. The van der Waals surface area contributed by atoms with Crippen LogP contribution in [0.1, 0.15) is 24.5 Å². The summed E-state index contributed by atoms with van der Waals surface area (Å²) in [7, 11) is 1.51. The Hall–Kier alpha value is -2.24. The van der Waals surface area contributed by atoms with Crippen molar-refractivity contribution in [2.75, 3.05) is 19.0 Å². The smallest absolute Gasteiger partial charge is 0.326 e. The van der Waals surface area contributed by atoms with E-state index in [9.17, 15) is 4.79 Å². The molecule has 0 radical (unpaired) electrons. The minimum atomic E-state index is -0.424. The average molecular weight is 278 g/mol. The van der Waals surface area contributed by atoms with Gasteiger partial charge in [-0.05, 0) is 31.9 Å². The molecule has 1 aromatic rings. The number of guanidine groups is 1. The van der Waals surface area contributed by atoms with Gasteiger partial charge in [-0.25, -0.2) is 4.79 Å². The lowest BCUT2D eigenvalue weighted by Crippen LogP contribution is -2.39. The van der Waals surface area contributed by atoms with Crippen molar-refractivity contribution in [1.29, 1.82) is 0 Å². The second-order valence-electron chi connectivity index (χ2n) is 4.42. The Labute approximate surface area is 119 Å². The van der Waals surface area contributed by atoms with E-state index >= 15 is 0 Å². The van der Waals surface area contributed by atoms with Crippen molar-refractivity contribution in [1.82, 2.24) is 5.32 Å². The second kappa shape index (κ2) is 7.37. The summed E-state index contributed by atoms with van der Waals surface area (Å²) in [4.78, 5) is 15.5. The summed E-state index contributed by atoms with van der Waals surface area (Å²) < 4.78 is 5.65. The predicted molar refractivity (Wildman–Crippen MR) is 81.4 cm³/mol. The predicted octanol–water partition coefficient (Wildman–Crippen LogP) is 2.16. The number of hydrogen-bond donors (Lipinski definition) is 3. The molecule has 0 aliphatic rings. The van der Waals surface area contributed by atoms with E-state index < -0.39 is 6.03 Å². The molecule has 0 saturated carbocycles. The Morgan fingerprint density at radius 3 is 2.70 bits per heavy atom. The van der Waals surface area contributed by atoms with Crippen LogP contribution in [-0.2, 0) is 0 Å². The first-order valence-electron chi connectivity index (χ1n) is 6.52. The van der Waals surface area contributed by atoms with Crippen molar-refractivity contribution in [2.45, 2.75) is 27.2 Å². The lowest BCUT2D eigenvalue weighted by Gasteiger charge is -2.16. The number of hydrogen-bond acceptors (Lipinski definition) is 3. The average Bonchev–Trinajstić information content (AvgIpc) is 2.42. The second-order valence-corrected chi connectivity index (χ2v) is 4.42. The number of nitrogens with one attached hydrogen (secondary N) is 2. The van der Waals surface area contributed by atoms with Crippen LogP contribution in [0.25, 0.3) is 0 Å². The third-order valence-corrected chi connectivity index (χ3v) is 2.81. The highest BCUT2D eigenvalue weighted by atomic mass is 16.5. The summed E-state index contributed by atoms with van der Waals surface area (Å²) >= 11 is 0. The van der Waals surface area contributed by atoms with E-state index in [2.05, 4.69) is 15.6 Å². The highest BCUT2D eigenvalue weighted by molar-refractivity contribution is 6.02. The summed E-state index contributed by atoms with van der Waals surface area (Å²) in [5, 5.41) is 5.20. The Balaban J connectivity index is 2.90. The minimum Gasteiger partial charge on any atom is -0.493 e. The van der Waals surface area contributed by atoms with E-state index in [1.54, 1.807) is 0 Å². The fourth-order valence-electron chi connectivity index (χ4n) is 1.71. The number of rotatable bonds is 4. The van der Waals surface area contributed by atoms with Gasteiger partial charge in [-0.3, -0.25) is 10.3 Å². The van der Waals surface area contributed by atoms with Gasteiger partial charge in [0.1, 0.15) is 5.75 Å². The van der Waals surface area contributed by atoms with Crippen molar-refractivity contribution >= 4 is 17.7 Å². The van der Waals surface area contributed by atoms with Gasteiger partial charge >= 0.3 is 6.03 Å². The molecule has 6 nitrogen and oxygen atoms in total. The summed E-state index contributed by atoms with van der Waals surface area (Å²) in [6.07, 6.45) is 0.931. The largest absolute Gasteiger partial charge is 0.493 e. The van der Waals surface area contributed by atoms with Crippen LogP contribution in [0.3, 0.4) is 0 Å². The quantitative estimate of drug-likeness (QED) is 0.582. The molecule has 20 heavy (non-hydrogen) atoms. The van der Waals surface area contributed by atoms with Gasteiger partial charge in [0, 0.05) is 12.6 Å². The van der Waals surface area contributed by atoms with E-state index in [0.717, 1.165) is 29.0 Å². The molecular weight excluding hydrogens is 256 g/mol. The topological polar surface area (TPSA) is 88.7 Å². The van der Waals surface area contributed by atoms with Gasteiger partial charge in [0.25, 0.3) is 0 Å². The first kappa shape index (κ1) is 15.8. The number of ether oxygens (including phenoxy) is 1. The first-order valence-corrected chi connectivity index (χ1v) is 6.52. The monoisotopic (exact) mass is 278 g/mol. The lowest BCUT2D eigenvalue weighted by atomic mass is 10.1. The molecule has 0 heterocycles. The molecule has 0 fully saturated rings. The number of amides is 2. The van der Waals surface area contributed by atoms with Gasteiger partial charge in [0.15, 0.2) is 5.96 Å². The number of aliphatic imine (C=N–C) groups is 1. The number of nitrogens with two attached hydrogens (primary N) is 1. The number of benzene rings is 1. The Kier molecular flexibility index (Phi) is 5.83. The third-order valence-electron chi connectivity index (χ3n) is 2.81. The molecule has 6 heteroatoms. The third kappa shape index (κ3) is 4.15. The molecule has 0 bridgehead atoms. The first-order chi connectivity index (χ1) is 9.49. The standard InChI is InChI=1S/C14H22N4O2/c1-5-8-20-11-7-6-9(2)12(10(11)3)17-14(19)18-13(15)16-4/h6-7H,5,8H2,1-4H3,(H4,15,16,17,18,19). The minimum absolute atomic E-state index is 0.0659. The van der Waals surface area contributed by atoms with Crippen LogP contribution in [0.2, 0.25) is 0 Å². The zero-order valence-electron chi connectivity index (χ0n) is 12.4. The molecule has 2 amide bonds. The zero-order valence-corrected chi connectivity index (χ0v) is 12.4. The molecule has 1 aromatic carbocycles. The summed E-state index contributed by atoms with van der Waals surface area (Å²) in [6.45, 7) is 6.52. The molecule has 0 unspecified atom stereocenters. The van der Waals surface area contributed by atoms with Gasteiger partial charge in [-0.2, -0.15) is 0 Å². The summed E-state index contributed by atoms with van der Waals surface area (Å²) in [5.74, 6) is 0.834. The number of anilines is 1. The fourth-order valence-corrected chi connectivity index (χ4v) is 1.71. The SMILES string of the molecule is CCCOc1ccc(C)c(NC(=O)NC(N)=NC)c1C. The molecule has 0 aromatic heterocycles. The van der Waals surface area contributed by atoms with Crippen LogP contribution in [0, 0.1) is 13.8 Å². The molecule has 1 rings (SSSR count). The van der Waals surface area contributed by atoms with Crippen LogP contribution >= 0.6 is 0 Å². The van der Waals surface area contributed by atoms with E-state index in [1.807, 2.05) is 32.9 Å². The molecule has 110 valence electrons. The van der Waals surface area contributed by atoms with E-state index in [0.29, 0.717) is 6.61 Å². The van der Waals surface area contributed by atoms with Crippen molar-refractivity contribution < 1.29 is 9.53 Å². The maximum absolute atomic E-state index is 11.8. The van der Waals surface area contributed by atoms with E-state index in [-0.39, 0.29) is 5.96 Å². The maximum atomic E-state index is 11.8. The van der Waals surface area contributed by atoms with Crippen molar-refractivity contribution in [2.24, 2.45) is 10.7 Å². The van der Waals surface area contributed by atoms with Gasteiger partial charge < -0.3 is 15.8 Å².